The molecule has 1 saturated carbocycles. The molecule has 6 heteroatoms. The van der Waals surface area contributed by atoms with Crippen LogP contribution in [0.25, 0.3) is 0 Å². The summed E-state index contributed by atoms with van der Waals surface area (Å²) in [5.41, 5.74) is 0.105. The van der Waals surface area contributed by atoms with Gasteiger partial charge in [0.1, 0.15) is 12.2 Å². The highest BCUT2D eigenvalue weighted by atomic mass is 16.6. The summed E-state index contributed by atoms with van der Waals surface area (Å²) in [5, 5.41) is 20.1. The number of ketones is 2. The van der Waals surface area contributed by atoms with Gasteiger partial charge >= 0.3 is 0 Å². The van der Waals surface area contributed by atoms with Crippen LogP contribution in [0.1, 0.15) is 13.8 Å². The molecule has 1 unspecified atom stereocenters. The molecule has 3 aliphatic carbocycles. The summed E-state index contributed by atoms with van der Waals surface area (Å²) in [5.74, 6) is -2.31. The molecule has 1 heterocycles. The van der Waals surface area contributed by atoms with Gasteiger partial charge in [-0.05, 0) is 13.8 Å². The quantitative estimate of drug-likeness (QED) is 0.434. The molecule has 4 aliphatic rings. The van der Waals surface area contributed by atoms with Crippen molar-refractivity contribution in [3.8, 4) is 0 Å². The van der Waals surface area contributed by atoms with Crippen molar-refractivity contribution in [3.63, 3.8) is 0 Å². The van der Waals surface area contributed by atoms with Crippen LogP contribution in [0.15, 0.2) is 35.5 Å². The van der Waals surface area contributed by atoms with E-state index in [0.29, 0.717) is 11.1 Å². The van der Waals surface area contributed by atoms with Crippen molar-refractivity contribution in [2.45, 2.75) is 37.8 Å². The molecular formula is C20H24O6. The van der Waals surface area contributed by atoms with Gasteiger partial charge in [0.15, 0.2) is 11.6 Å². The largest absolute Gasteiger partial charge is 0.392 e. The maximum atomic E-state index is 13.4. The Kier molecular flexibility index (Phi) is 4.08. The van der Waals surface area contributed by atoms with Crippen molar-refractivity contribution < 1.29 is 29.3 Å². The molecule has 4 rings (SSSR count). The lowest BCUT2D eigenvalue weighted by atomic mass is 9.65. The number of epoxide rings is 1. The maximum absolute atomic E-state index is 13.4. The number of rotatable bonds is 3. The number of hydrogen-bond acceptors (Lipinski definition) is 6. The number of hydrogen-bond donors (Lipinski definition) is 2. The molecule has 6 nitrogen and oxygen atoms in total. The molecule has 2 fully saturated rings. The summed E-state index contributed by atoms with van der Waals surface area (Å²) >= 11 is 0. The lowest BCUT2D eigenvalue weighted by molar-refractivity contribution is -0.126. The number of methoxy groups -OCH3 is 1. The van der Waals surface area contributed by atoms with E-state index in [0.717, 1.165) is 0 Å². The van der Waals surface area contributed by atoms with E-state index in [9.17, 15) is 19.8 Å². The van der Waals surface area contributed by atoms with Crippen LogP contribution in [-0.2, 0) is 19.1 Å². The van der Waals surface area contributed by atoms with Gasteiger partial charge in [0.25, 0.3) is 0 Å². The average Bonchev–Trinajstić information content (AvgIpc) is 3.30. The fraction of sp³-hybridized carbons (Fsp3) is 0.600. The highest BCUT2D eigenvalue weighted by Gasteiger charge is 2.60. The molecule has 0 radical (unpaired) electrons. The number of carbonyl (C=O) groups is 2. The first-order valence-corrected chi connectivity index (χ1v) is 9.00. The Labute approximate surface area is 152 Å². The molecule has 0 aromatic heterocycles. The first-order chi connectivity index (χ1) is 12.3. The van der Waals surface area contributed by atoms with Crippen LogP contribution >= 0.6 is 0 Å². The van der Waals surface area contributed by atoms with Crippen LogP contribution in [0.4, 0.5) is 0 Å². The van der Waals surface area contributed by atoms with Crippen LogP contribution in [0.3, 0.4) is 0 Å². The Hall–Kier alpha value is -1.60. The van der Waals surface area contributed by atoms with Crippen molar-refractivity contribution in [1.82, 2.24) is 0 Å². The third-order valence-corrected chi connectivity index (χ3v) is 6.35. The smallest absolute Gasteiger partial charge is 0.190 e. The second kappa shape index (κ2) is 5.96. The van der Waals surface area contributed by atoms with E-state index < -0.39 is 35.6 Å². The van der Waals surface area contributed by atoms with Gasteiger partial charge in [0.2, 0.25) is 0 Å². The number of aliphatic hydroxyl groups excluding tert-OH is 2. The summed E-state index contributed by atoms with van der Waals surface area (Å²) < 4.78 is 11.1. The molecule has 2 bridgehead atoms. The molecule has 140 valence electrons. The number of Topliss-reactive ketones (excluding diaryl/α,β-unsaturated/α-hetero) is 2. The van der Waals surface area contributed by atoms with Crippen molar-refractivity contribution in [2.24, 2.45) is 23.7 Å². The Bertz CT molecular complexity index is 745. The first-order valence-electron chi connectivity index (χ1n) is 9.00. The second-order valence-corrected chi connectivity index (χ2v) is 8.01. The zero-order valence-corrected chi connectivity index (χ0v) is 15.1. The van der Waals surface area contributed by atoms with E-state index in [2.05, 4.69) is 0 Å². The fourth-order valence-corrected chi connectivity index (χ4v) is 4.64. The van der Waals surface area contributed by atoms with Crippen LogP contribution in [-0.4, -0.2) is 59.4 Å². The van der Waals surface area contributed by atoms with Crippen molar-refractivity contribution >= 4 is 11.6 Å². The highest BCUT2D eigenvalue weighted by molar-refractivity contribution is 6.12. The van der Waals surface area contributed by atoms with E-state index in [-0.39, 0.29) is 30.2 Å². The van der Waals surface area contributed by atoms with Crippen molar-refractivity contribution in [2.75, 3.05) is 13.7 Å². The second-order valence-electron chi connectivity index (χ2n) is 8.01. The minimum absolute atomic E-state index is 0.168. The predicted octanol–water partition coefficient (Wildman–Crippen LogP) is 0.585. The van der Waals surface area contributed by atoms with Gasteiger partial charge in [-0.3, -0.25) is 9.59 Å². The Balaban J connectivity index is 1.87. The van der Waals surface area contributed by atoms with E-state index in [1.807, 2.05) is 26.0 Å². The topological polar surface area (TPSA) is 96.4 Å². The Morgan fingerprint density at radius 1 is 1.23 bits per heavy atom. The van der Waals surface area contributed by atoms with Crippen molar-refractivity contribution in [3.05, 3.63) is 35.5 Å². The summed E-state index contributed by atoms with van der Waals surface area (Å²) in [4.78, 5) is 26.4. The molecule has 1 aliphatic heterocycles. The van der Waals surface area contributed by atoms with Gasteiger partial charge in [0, 0.05) is 36.0 Å². The average molecular weight is 360 g/mol. The third kappa shape index (κ3) is 2.40. The van der Waals surface area contributed by atoms with Crippen LogP contribution in [0.5, 0.6) is 0 Å². The SMILES string of the molecule is COC(C)(C)[C@@H]1C=C2C(=O)[C@H]3O[C@H]3C3C=C[C@@H]([C@H]2C(=O)/C1=C\CO)[C@H]3O. The minimum Gasteiger partial charge on any atom is -0.392 e. The minimum atomic E-state index is -0.752. The summed E-state index contributed by atoms with van der Waals surface area (Å²) in [7, 11) is 1.56. The van der Waals surface area contributed by atoms with Gasteiger partial charge in [-0.15, -0.1) is 0 Å². The Morgan fingerprint density at radius 3 is 2.58 bits per heavy atom. The van der Waals surface area contributed by atoms with Crippen molar-refractivity contribution in [1.29, 1.82) is 0 Å². The Morgan fingerprint density at radius 2 is 1.92 bits per heavy atom. The molecule has 0 spiro atoms. The van der Waals surface area contributed by atoms with Crippen LogP contribution in [0.2, 0.25) is 0 Å². The predicted molar refractivity (Wildman–Crippen MR) is 92.1 cm³/mol. The molecule has 2 N–H and O–H groups in total. The van der Waals surface area contributed by atoms with Gasteiger partial charge in [-0.2, -0.15) is 0 Å². The zero-order valence-electron chi connectivity index (χ0n) is 15.1. The number of carbonyl (C=O) groups excluding carboxylic acids is 2. The summed E-state index contributed by atoms with van der Waals surface area (Å²) in [6.07, 6.45) is 5.33. The number of ether oxygens (including phenoxy) is 2. The number of fused-ring (bicyclic) bond motifs is 6. The molecular weight excluding hydrogens is 336 g/mol. The molecule has 7 atom stereocenters. The van der Waals surface area contributed by atoms with E-state index in [1.54, 1.807) is 13.2 Å². The van der Waals surface area contributed by atoms with Gasteiger partial charge in [-0.25, -0.2) is 0 Å². The molecule has 1 saturated heterocycles. The van der Waals surface area contributed by atoms with Crippen LogP contribution < -0.4 is 0 Å². The normalized spacial score (nSPS) is 42.9. The molecule has 0 aromatic carbocycles. The van der Waals surface area contributed by atoms with E-state index in [4.69, 9.17) is 9.47 Å². The van der Waals surface area contributed by atoms with Gasteiger partial charge in [0.05, 0.1) is 24.2 Å². The monoisotopic (exact) mass is 360 g/mol. The number of aliphatic hydroxyl groups is 2. The maximum Gasteiger partial charge on any atom is 0.190 e. The van der Waals surface area contributed by atoms with E-state index in [1.165, 1.54) is 6.08 Å². The zero-order chi connectivity index (χ0) is 18.8. The first kappa shape index (κ1) is 17.8. The van der Waals surface area contributed by atoms with Gasteiger partial charge in [-0.1, -0.05) is 24.3 Å². The highest BCUT2D eigenvalue weighted by Crippen LogP contribution is 2.50. The van der Waals surface area contributed by atoms with Gasteiger partial charge < -0.3 is 19.7 Å². The fourth-order valence-electron chi connectivity index (χ4n) is 4.64. The lowest BCUT2D eigenvalue weighted by Gasteiger charge is -2.40. The van der Waals surface area contributed by atoms with E-state index >= 15 is 0 Å². The molecule has 0 amide bonds. The van der Waals surface area contributed by atoms with Crippen LogP contribution in [0, 0.1) is 23.7 Å². The standard InChI is InChI=1S/C20H24O6/c1-20(2,25-3)13-8-12-14(16(23)9(13)6-7-21)10-4-5-11(15(10)22)18-19(26-18)17(12)24/h4-6,8,10-11,13-15,18-19,21-22H,7H2,1-3H3/b9-6-/t10-,11?,13+,14+,15+,18-,19+/m0/s1. The summed E-state index contributed by atoms with van der Waals surface area (Å²) in [6, 6.07) is 0. The lowest BCUT2D eigenvalue weighted by Crippen LogP contribution is -2.47. The third-order valence-electron chi connectivity index (χ3n) is 6.35. The molecule has 0 aromatic rings. The molecule has 26 heavy (non-hydrogen) atoms. The summed E-state index contributed by atoms with van der Waals surface area (Å²) in [6.45, 7) is 3.41.